The van der Waals surface area contributed by atoms with Crippen LogP contribution in [0, 0.1) is 112 Å². The Hall–Kier alpha value is -1.28. The molecule has 780 valence electrons. The van der Waals surface area contributed by atoms with Gasteiger partial charge in [0.1, 0.15) is 43.2 Å². The second-order valence-corrected chi connectivity index (χ2v) is 42.7. The molecule has 128 heavy (non-hydrogen) atoms. The third-order valence-corrected chi connectivity index (χ3v) is 32.4. The predicted molar refractivity (Wildman–Crippen MR) is 498 cm³/mol. The molecule has 13 saturated carbocycles. The van der Waals surface area contributed by atoms with Crippen LogP contribution in [0.5, 0.6) is 0 Å². The van der Waals surface area contributed by atoms with Crippen molar-refractivity contribution >= 4 is 23.2 Å². The Labute approximate surface area is 780 Å². The normalized spacial score (nSPS) is 42.2. The van der Waals surface area contributed by atoms with Crippen molar-refractivity contribution in [3.8, 4) is 0 Å². The SMILES string of the molecule is CC1CCC(/C=C/COC2CCC(C)C(F)C2F)CC1.CC1CCC(C(F)(F)OC2CCC(C)C(Cl)C2F)CC1.CC1CCC(C(F)(F)OC2CCC(C)C(F)C2Cl)CC1.CC1CCC(C2CCC(COC3CCC(C)C(F)C3F)CC2)CC1.CC1CCC(COC2CCC(C)C(F)C2F)CC1.CC1CCC(F)C(F)C1F.CC1CCC(OCF)CC1.O.O.O.O.O.O.[HH].[HH].[HH].[HH].[HH].[HH].[HH]. The van der Waals surface area contributed by atoms with Crippen LogP contribution < -0.4 is 0 Å². The van der Waals surface area contributed by atoms with Gasteiger partial charge in [-0.15, -0.1) is 23.2 Å². The second-order valence-electron chi connectivity index (χ2n) is 41.7. The molecule has 0 saturated heterocycles. The molecule has 30 heteroatoms. The quantitative estimate of drug-likeness (QED) is 0.0691. The zero-order valence-electron chi connectivity index (χ0n) is 79.5. The van der Waals surface area contributed by atoms with E-state index in [1.807, 2.05) is 13.0 Å². The van der Waals surface area contributed by atoms with Gasteiger partial charge in [-0.2, -0.15) is 17.6 Å². The third-order valence-electron chi connectivity index (χ3n) is 31.2. The lowest BCUT2D eigenvalue weighted by Gasteiger charge is -2.39. The molecule has 0 aromatic carbocycles. The lowest BCUT2D eigenvalue weighted by atomic mass is 9.69. The van der Waals surface area contributed by atoms with Gasteiger partial charge in [0.15, 0.2) is 31.5 Å². The smallest absolute Gasteiger partial charge is 0.358 e. The zero-order valence-corrected chi connectivity index (χ0v) is 81.0. The molecule has 0 aromatic rings. The molecule has 13 rings (SSSR count). The summed E-state index contributed by atoms with van der Waals surface area (Å²) in [6.45, 7) is 25.0. The molecular weight excluding hydrogens is 1740 g/mol. The van der Waals surface area contributed by atoms with Gasteiger partial charge >= 0.3 is 12.2 Å². The Morgan fingerprint density at radius 2 is 0.578 bits per heavy atom. The van der Waals surface area contributed by atoms with E-state index in [1.54, 1.807) is 34.6 Å². The van der Waals surface area contributed by atoms with E-state index in [0.29, 0.717) is 126 Å². The summed E-state index contributed by atoms with van der Waals surface area (Å²) < 4.78 is 248. The first-order valence-electron chi connectivity index (χ1n) is 48.9. The molecule has 13 aliphatic carbocycles. The van der Waals surface area contributed by atoms with Gasteiger partial charge in [0.25, 0.3) is 0 Å². The number of rotatable bonds is 19. The zero-order chi connectivity index (χ0) is 89.7. The van der Waals surface area contributed by atoms with Crippen molar-refractivity contribution in [2.45, 2.75) is 467 Å². The highest BCUT2D eigenvalue weighted by Crippen LogP contribution is 2.48. The first-order valence-corrected chi connectivity index (χ1v) is 49.8. The molecule has 0 aromatic heterocycles. The summed E-state index contributed by atoms with van der Waals surface area (Å²) in [5, 5.41) is -1.69. The van der Waals surface area contributed by atoms with Gasteiger partial charge in [-0.05, 0) is 293 Å². The second kappa shape index (κ2) is 62.6. The highest BCUT2D eigenvalue weighted by Gasteiger charge is 2.51. The number of halogens is 18. The van der Waals surface area contributed by atoms with Crippen molar-refractivity contribution in [1.29, 1.82) is 0 Å². The average molecular weight is 1940 g/mol. The Morgan fingerprint density at radius 3 is 0.969 bits per heavy atom. The standard InChI is InChI=1S/C21H36F2O.C17H28F2O.2C15H24ClF3O.C15H26F2O.C8H15FO.C7H11F3.6H2O.7H2/c1-14-3-8-17(9-4-14)18-10-6-16(7-11-18)13-24-19-12-5-15(2)20(22)21(19)23;1-12-5-8-14(9-6-12)4-3-11-20-15-10-7-13(2)16(18)17(15)19;1-9-3-6-11(7-4-9)15(18,19)20-12-8-5-10(2)14(17)13(12)16;1-9-3-6-11(7-4-9)15(18,19)20-12-8-5-10(2)13(16)14(12)17;1-10-3-6-12(7-4-10)9-18-13-8-5-11(2)14(16)15(13)17;1-7-2-4-8(5-3-7)10-6-9;1-4-2-3-5(8)7(10)6(4)9;;;;;;;;;;;;;/h14-21H,3-13H2,1-2H3;3-4,12-17H,5-11H2,1-2H3;2*9-14H,3-8H2,1-2H3;10-15H,3-9H2,1-2H3;7-8H,2-6H2,1H3;4-7H,2-3H2,1H3;6*1H2;7*1H/b;4-3+;;;;;;;;;;;;;;;;;;. The molecule has 0 aliphatic heterocycles. The number of ether oxygens (including phenoxy) is 6. The van der Waals surface area contributed by atoms with Gasteiger partial charge in [-0.3, -0.25) is 0 Å². The first-order chi connectivity index (χ1) is 57.8. The van der Waals surface area contributed by atoms with Crippen LogP contribution in [0.4, 0.5) is 70.2 Å². The van der Waals surface area contributed by atoms with E-state index in [1.165, 1.54) is 116 Å². The fourth-order valence-electron chi connectivity index (χ4n) is 21.1. The van der Waals surface area contributed by atoms with Crippen molar-refractivity contribution in [2.75, 3.05) is 26.7 Å². The lowest BCUT2D eigenvalue weighted by molar-refractivity contribution is -0.309. The fraction of sp³-hybridized carbons (Fsp3) is 0.980. The Bertz CT molecular complexity index is 2750. The lowest BCUT2D eigenvalue weighted by Crippen LogP contribution is -2.47. The van der Waals surface area contributed by atoms with Crippen LogP contribution in [0.25, 0.3) is 0 Å². The number of hydrogen-bond acceptors (Lipinski definition) is 6. The molecule has 24 atom stereocenters. The van der Waals surface area contributed by atoms with E-state index < -0.39 is 140 Å². The summed E-state index contributed by atoms with van der Waals surface area (Å²) in [4.78, 5) is 0. The average Bonchev–Trinajstić information content (AvgIpc) is 0.794. The Kier molecular flexibility index (Phi) is 61.0. The summed E-state index contributed by atoms with van der Waals surface area (Å²) in [6.07, 6.45) is 15.3. The van der Waals surface area contributed by atoms with Gasteiger partial charge in [0.05, 0.1) is 65.8 Å². The fourth-order valence-corrected chi connectivity index (χ4v) is 21.8. The number of hydrogen-bond donors (Lipinski definition) is 0. The van der Waals surface area contributed by atoms with Crippen LogP contribution in [0.1, 0.15) is 350 Å². The largest absolute Gasteiger partial charge is 0.412 e. The van der Waals surface area contributed by atoms with Crippen LogP contribution in [0.3, 0.4) is 0 Å². The van der Waals surface area contributed by atoms with Crippen LogP contribution in [0.15, 0.2) is 12.2 Å². The van der Waals surface area contributed by atoms with Gasteiger partial charge in [-0.25, -0.2) is 52.7 Å². The maximum absolute atomic E-state index is 14.2. The van der Waals surface area contributed by atoms with Crippen molar-refractivity contribution in [3.05, 3.63) is 12.2 Å². The predicted octanol–water partition coefficient (Wildman–Crippen LogP) is 27.3. The molecule has 12 nitrogen and oxygen atoms in total. The highest BCUT2D eigenvalue weighted by molar-refractivity contribution is 6.21. The van der Waals surface area contributed by atoms with Crippen molar-refractivity contribution in [3.63, 3.8) is 0 Å². The monoisotopic (exact) mass is 1930 g/mol. The minimum Gasteiger partial charge on any atom is -0.412 e. The van der Waals surface area contributed by atoms with Crippen LogP contribution in [-0.2, 0) is 28.4 Å². The molecule has 0 radical (unpaired) electrons. The summed E-state index contributed by atoms with van der Waals surface area (Å²) >= 11 is 11.9. The molecule has 13 fully saturated rings. The third kappa shape index (κ3) is 40.6. The Morgan fingerprint density at radius 1 is 0.281 bits per heavy atom. The van der Waals surface area contributed by atoms with Gasteiger partial charge in [0, 0.05) is 23.2 Å². The molecule has 13 aliphatic rings. The van der Waals surface area contributed by atoms with E-state index in [-0.39, 0.29) is 90.9 Å². The van der Waals surface area contributed by atoms with Crippen LogP contribution >= 0.6 is 23.2 Å². The van der Waals surface area contributed by atoms with Gasteiger partial charge in [-0.1, -0.05) is 159 Å². The Balaban J connectivity index is -0.000000283. The summed E-state index contributed by atoms with van der Waals surface area (Å²) in [5.74, 6) is 5.56. The number of alkyl halides is 18. The van der Waals surface area contributed by atoms with E-state index >= 15 is 0 Å². The molecule has 0 amide bonds. The number of allylic oxidation sites excluding steroid dienone is 1. The van der Waals surface area contributed by atoms with E-state index in [4.69, 9.17) is 51.6 Å². The van der Waals surface area contributed by atoms with E-state index in [2.05, 4.69) is 47.6 Å². The minimum atomic E-state index is -3.23. The van der Waals surface area contributed by atoms with E-state index in [9.17, 15) is 70.2 Å². The van der Waals surface area contributed by atoms with Gasteiger partial charge < -0.3 is 61.3 Å². The van der Waals surface area contributed by atoms with Crippen molar-refractivity contribution in [2.24, 2.45) is 112 Å². The van der Waals surface area contributed by atoms with Gasteiger partial charge in [0.2, 0.25) is 0 Å². The maximum Gasteiger partial charge on any atom is 0.358 e. The summed E-state index contributed by atoms with van der Waals surface area (Å²) in [7, 11) is 0. The summed E-state index contributed by atoms with van der Waals surface area (Å²) in [6, 6.07) is 0. The molecule has 0 bridgehead atoms. The van der Waals surface area contributed by atoms with E-state index in [0.717, 1.165) is 93.3 Å². The first kappa shape index (κ1) is 125. The van der Waals surface area contributed by atoms with Crippen molar-refractivity contribution in [1.82, 2.24) is 0 Å². The summed E-state index contributed by atoms with van der Waals surface area (Å²) in [5.41, 5.74) is 0. The van der Waals surface area contributed by atoms with Crippen LogP contribution in [0.2, 0.25) is 0 Å². The molecule has 0 spiro atoms. The molecular formula is C98H190Cl2F16O12. The van der Waals surface area contributed by atoms with Crippen LogP contribution in [-0.4, -0.2) is 187 Å². The molecule has 0 heterocycles. The maximum atomic E-state index is 14.2. The molecule has 12 N–H and O–H groups in total. The topological polar surface area (TPSA) is 244 Å². The minimum absolute atomic E-state index is 0. The highest BCUT2D eigenvalue weighted by atomic mass is 35.5. The molecule has 24 unspecified atom stereocenters. The van der Waals surface area contributed by atoms with Crippen molar-refractivity contribution < 1.29 is 142 Å².